The highest BCUT2D eigenvalue weighted by Crippen LogP contribution is 2.34. The summed E-state index contributed by atoms with van der Waals surface area (Å²) in [6.45, 7) is 14.0. The average molecular weight is 274 g/mol. The molecule has 0 bridgehead atoms. The van der Waals surface area contributed by atoms with E-state index in [0.29, 0.717) is 11.5 Å². The highest BCUT2D eigenvalue weighted by atomic mass is 15.2. The van der Waals surface area contributed by atoms with Crippen molar-refractivity contribution in [1.82, 2.24) is 10.2 Å². The number of benzene rings is 1. The highest BCUT2D eigenvalue weighted by molar-refractivity contribution is 5.19. The molecule has 1 saturated heterocycles. The van der Waals surface area contributed by atoms with Crippen LogP contribution in [0, 0.1) is 11.3 Å². The maximum atomic E-state index is 3.64. The molecular formula is C18H30N2. The molecule has 2 unspecified atom stereocenters. The van der Waals surface area contributed by atoms with Gasteiger partial charge in [0, 0.05) is 19.1 Å². The van der Waals surface area contributed by atoms with Crippen LogP contribution < -0.4 is 5.32 Å². The van der Waals surface area contributed by atoms with Gasteiger partial charge < -0.3 is 10.2 Å². The summed E-state index contributed by atoms with van der Waals surface area (Å²) in [7, 11) is 0. The second-order valence-corrected chi connectivity index (χ2v) is 7.13. The lowest BCUT2D eigenvalue weighted by atomic mass is 9.80. The minimum absolute atomic E-state index is 0.440. The Kier molecular flexibility index (Phi) is 5.22. The van der Waals surface area contributed by atoms with Crippen molar-refractivity contribution >= 4 is 0 Å². The van der Waals surface area contributed by atoms with E-state index in [1.807, 2.05) is 0 Å². The molecule has 1 fully saturated rings. The molecule has 112 valence electrons. The molecule has 2 nitrogen and oxygen atoms in total. The van der Waals surface area contributed by atoms with E-state index in [1.54, 1.807) is 0 Å². The second kappa shape index (κ2) is 6.73. The molecule has 0 aromatic heterocycles. The molecule has 1 aromatic carbocycles. The topological polar surface area (TPSA) is 15.3 Å². The zero-order chi connectivity index (χ0) is 14.6. The Morgan fingerprint density at radius 2 is 1.95 bits per heavy atom. The van der Waals surface area contributed by atoms with Crippen molar-refractivity contribution in [1.29, 1.82) is 0 Å². The van der Waals surface area contributed by atoms with Crippen molar-refractivity contribution in [3.05, 3.63) is 35.9 Å². The first-order chi connectivity index (χ1) is 9.50. The Morgan fingerprint density at radius 1 is 1.25 bits per heavy atom. The number of likely N-dealkylation sites (tertiary alicyclic amines) is 1. The molecule has 2 atom stereocenters. The highest BCUT2D eigenvalue weighted by Gasteiger charge is 2.32. The maximum absolute atomic E-state index is 3.64. The third-order valence-electron chi connectivity index (χ3n) is 4.59. The zero-order valence-corrected chi connectivity index (χ0v) is 13.5. The molecular weight excluding hydrogens is 244 g/mol. The third-order valence-corrected chi connectivity index (χ3v) is 4.59. The molecule has 1 N–H and O–H groups in total. The van der Waals surface area contributed by atoms with E-state index in [4.69, 9.17) is 0 Å². The standard InChI is InChI=1S/C18H30N2/c1-5-19-17(15-9-7-6-8-10-15)14-20-12-11-16(13-20)18(2,3)4/h6-10,16-17,19H,5,11-14H2,1-4H3. The van der Waals surface area contributed by atoms with Crippen LogP contribution in [-0.2, 0) is 0 Å². The van der Waals surface area contributed by atoms with Crippen molar-refractivity contribution in [3.63, 3.8) is 0 Å². The lowest BCUT2D eigenvalue weighted by Gasteiger charge is -2.29. The minimum atomic E-state index is 0.440. The number of nitrogens with one attached hydrogen (secondary N) is 1. The van der Waals surface area contributed by atoms with Gasteiger partial charge in [0.25, 0.3) is 0 Å². The largest absolute Gasteiger partial charge is 0.309 e. The molecule has 1 heterocycles. The first-order valence-corrected chi connectivity index (χ1v) is 8.01. The van der Waals surface area contributed by atoms with Crippen LogP contribution in [0.1, 0.15) is 45.7 Å². The maximum Gasteiger partial charge on any atom is 0.0449 e. The van der Waals surface area contributed by atoms with Gasteiger partial charge in [-0.15, -0.1) is 0 Å². The Bertz CT molecular complexity index is 394. The van der Waals surface area contributed by atoms with Gasteiger partial charge in [-0.2, -0.15) is 0 Å². The van der Waals surface area contributed by atoms with Gasteiger partial charge in [0.05, 0.1) is 0 Å². The average Bonchev–Trinajstić information content (AvgIpc) is 2.88. The summed E-state index contributed by atoms with van der Waals surface area (Å²) < 4.78 is 0. The van der Waals surface area contributed by atoms with Crippen LogP contribution in [-0.4, -0.2) is 31.1 Å². The van der Waals surface area contributed by atoms with E-state index in [0.717, 1.165) is 19.0 Å². The number of nitrogens with zero attached hydrogens (tertiary/aromatic N) is 1. The normalized spacial score (nSPS) is 22.1. The summed E-state index contributed by atoms with van der Waals surface area (Å²) in [4.78, 5) is 2.64. The van der Waals surface area contributed by atoms with E-state index >= 15 is 0 Å². The third kappa shape index (κ3) is 4.07. The van der Waals surface area contributed by atoms with Crippen molar-refractivity contribution in [2.24, 2.45) is 11.3 Å². The fraction of sp³-hybridized carbons (Fsp3) is 0.667. The zero-order valence-electron chi connectivity index (χ0n) is 13.5. The lowest BCUT2D eigenvalue weighted by Crippen LogP contribution is -2.35. The fourth-order valence-electron chi connectivity index (χ4n) is 3.18. The Hall–Kier alpha value is -0.860. The predicted molar refractivity (Wildman–Crippen MR) is 86.9 cm³/mol. The molecule has 2 rings (SSSR count). The van der Waals surface area contributed by atoms with Crippen molar-refractivity contribution in [2.45, 2.75) is 40.2 Å². The van der Waals surface area contributed by atoms with Crippen LogP contribution in [0.2, 0.25) is 0 Å². The molecule has 0 radical (unpaired) electrons. The summed E-state index contributed by atoms with van der Waals surface area (Å²) in [5, 5.41) is 3.64. The summed E-state index contributed by atoms with van der Waals surface area (Å²) in [6.07, 6.45) is 1.34. The first kappa shape index (κ1) is 15.5. The summed E-state index contributed by atoms with van der Waals surface area (Å²) in [6, 6.07) is 11.3. The summed E-state index contributed by atoms with van der Waals surface area (Å²) in [5.74, 6) is 0.834. The van der Waals surface area contributed by atoms with E-state index in [2.05, 4.69) is 68.2 Å². The number of hydrogen-bond donors (Lipinski definition) is 1. The number of hydrogen-bond acceptors (Lipinski definition) is 2. The van der Waals surface area contributed by atoms with Crippen LogP contribution in [0.4, 0.5) is 0 Å². The molecule has 1 aliphatic heterocycles. The van der Waals surface area contributed by atoms with Crippen molar-refractivity contribution < 1.29 is 0 Å². The van der Waals surface area contributed by atoms with Gasteiger partial charge in [-0.05, 0) is 36.4 Å². The minimum Gasteiger partial charge on any atom is -0.309 e. The Morgan fingerprint density at radius 3 is 2.50 bits per heavy atom. The van der Waals surface area contributed by atoms with Gasteiger partial charge in [-0.1, -0.05) is 58.0 Å². The van der Waals surface area contributed by atoms with Crippen LogP contribution >= 0.6 is 0 Å². The summed E-state index contributed by atoms with van der Waals surface area (Å²) in [5.41, 5.74) is 1.85. The van der Waals surface area contributed by atoms with Crippen LogP contribution in [0.3, 0.4) is 0 Å². The van der Waals surface area contributed by atoms with Gasteiger partial charge in [-0.25, -0.2) is 0 Å². The second-order valence-electron chi connectivity index (χ2n) is 7.13. The summed E-state index contributed by atoms with van der Waals surface area (Å²) >= 11 is 0. The fourth-order valence-corrected chi connectivity index (χ4v) is 3.18. The Labute approximate surface area is 124 Å². The molecule has 0 spiro atoms. The van der Waals surface area contributed by atoms with E-state index in [9.17, 15) is 0 Å². The molecule has 1 aliphatic rings. The quantitative estimate of drug-likeness (QED) is 0.880. The van der Waals surface area contributed by atoms with Gasteiger partial charge in [0.2, 0.25) is 0 Å². The molecule has 20 heavy (non-hydrogen) atoms. The van der Waals surface area contributed by atoms with Crippen molar-refractivity contribution in [3.8, 4) is 0 Å². The predicted octanol–water partition coefficient (Wildman–Crippen LogP) is 3.71. The van der Waals surface area contributed by atoms with Crippen LogP contribution in [0.25, 0.3) is 0 Å². The molecule has 0 amide bonds. The lowest BCUT2D eigenvalue weighted by molar-refractivity contribution is 0.219. The first-order valence-electron chi connectivity index (χ1n) is 8.01. The molecule has 0 saturated carbocycles. The SMILES string of the molecule is CCNC(CN1CCC(C(C)(C)C)C1)c1ccccc1. The Balaban J connectivity index is 1.97. The van der Waals surface area contributed by atoms with E-state index < -0.39 is 0 Å². The van der Waals surface area contributed by atoms with Gasteiger partial charge in [0.1, 0.15) is 0 Å². The van der Waals surface area contributed by atoms with Crippen LogP contribution in [0.5, 0.6) is 0 Å². The van der Waals surface area contributed by atoms with Gasteiger partial charge in [0.15, 0.2) is 0 Å². The van der Waals surface area contributed by atoms with Gasteiger partial charge in [-0.3, -0.25) is 0 Å². The molecule has 2 heteroatoms. The van der Waals surface area contributed by atoms with E-state index in [1.165, 1.54) is 25.1 Å². The van der Waals surface area contributed by atoms with E-state index in [-0.39, 0.29) is 0 Å². The smallest absolute Gasteiger partial charge is 0.0449 e. The number of rotatable bonds is 5. The monoisotopic (exact) mass is 274 g/mol. The van der Waals surface area contributed by atoms with Crippen LogP contribution in [0.15, 0.2) is 30.3 Å². The van der Waals surface area contributed by atoms with Gasteiger partial charge >= 0.3 is 0 Å². The van der Waals surface area contributed by atoms with Crippen molar-refractivity contribution in [2.75, 3.05) is 26.2 Å². The molecule has 0 aliphatic carbocycles. The molecule has 1 aromatic rings. The number of likely N-dealkylation sites (N-methyl/N-ethyl adjacent to an activating group) is 1.